The number of rotatable bonds is 4. The molecule has 1 N–H and O–H groups in total. The average molecular weight is 230 g/mol. The van der Waals surface area contributed by atoms with Crippen molar-refractivity contribution in [1.82, 2.24) is 0 Å². The zero-order valence-corrected chi connectivity index (χ0v) is 9.72. The molecular weight excluding hydrogens is 212 g/mol. The second-order valence-electron chi connectivity index (χ2n) is 4.58. The highest BCUT2D eigenvalue weighted by Crippen LogP contribution is 2.43. The number of aliphatic carboxylic acids is 1. The number of thioether (sulfide) groups is 1. The van der Waals surface area contributed by atoms with Crippen LogP contribution >= 0.6 is 11.8 Å². The lowest BCUT2D eigenvalue weighted by atomic mass is 9.98. The average Bonchev–Trinajstić information content (AvgIpc) is 2.78. The van der Waals surface area contributed by atoms with Gasteiger partial charge in [0.05, 0.1) is 17.5 Å². The van der Waals surface area contributed by atoms with Gasteiger partial charge in [-0.05, 0) is 25.7 Å². The zero-order chi connectivity index (χ0) is 10.7. The Hall–Kier alpha value is -0.220. The number of hydrogen-bond acceptors (Lipinski definition) is 3. The van der Waals surface area contributed by atoms with E-state index >= 15 is 0 Å². The fourth-order valence-electron chi connectivity index (χ4n) is 2.68. The van der Waals surface area contributed by atoms with Crippen molar-refractivity contribution in [2.24, 2.45) is 0 Å². The molecule has 1 saturated heterocycles. The summed E-state index contributed by atoms with van der Waals surface area (Å²) < 4.78 is 6.08. The second kappa shape index (κ2) is 4.74. The van der Waals surface area contributed by atoms with Crippen LogP contribution in [-0.4, -0.2) is 34.3 Å². The monoisotopic (exact) mass is 230 g/mol. The summed E-state index contributed by atoms with van der Waals surface area (Å²) in [7, 11) is 0. The normalized spacial score (nSPS) is 28.7. The van der Waals surface area contributed by atoms with Crippen LogP contribution in [0.15, 0.2) is 0 Å². The SMILES string of the molecule is O=C(O)CSCC1CCC2(CCCC2)O1. The topological polar surface area (TPSA) is 46.5 Å². The molecule has 4 heteroatoms. The number of carboxylic acids is 1. The van der Waals surface area contributed by atoms with Crippen LogP contribution in [0, 0.1) is 0 Å². The summed E-state index contributed by atoms with van der Waals surface area (Å²) in [5.74, 6) is 0.314. The third-order valence-corrected chi connectivity index (χ3v) is 4.44. The Morgan fingerprint density at radius 2 is 2.13 bits per heavy atom. The molecule has 2 aliphatic rings. The summed E-state index contributed by atoms with van der Waals surface area (Å²) in [5, 5.41) is 8.53. The van der Waals surface area contributed by atoms with Crippen molar-refractivity contribution in [3.8, 4) is 0 Å². The first-order chi connectivity index (χ1) is 7.20. The van der Waals surface area contributed by atoms with Gasteiger partial charge in [0.15, 0.2) is 0 Å². The van der Waals surface area contributed by atoms with E-state index < -0.39 is 5.97 Å². The maximum absolute atomic E-state index is 10.4. The van der Waals surface area contributed by atoms with Gasteiger partial charge in [0, 0.05) is 5.75 Å². The second-order valence-corrected chi connectivity index (χ2v) is 5.61. The van der Waals surface area contributed by atoms with Gasteiger partial charge < -0.3 is 9.84 Å². The predicted octanol–water partition coefficient (Wildman–Crippen LogP) is 2.30. The molecule has 1 atom stereocenters. The first-order valence-corrected chi connectivity index (χ1v) is 6.83. The van der Waals surface area contributed by atoms with Gasteiger partial charge in [0.25, 0.3) is 0 Å². The lowest BCUT2D eigenvalue weighted by molar-refractivity contribution is -0.133. The minimum atomic E-state index is -0.728. The molecule has 1 heterocycles. The fourth-order valence-corrected chi connectivity index (χ4v) is 3.47. The van der Waals surface area contributed by atoms with Crippen molar-refractivity contribution >= 4 is 17.7 Å². The molecule has 3 nitrogen and oxygen atoms in total. The minimum Gasteiger partial charge on any atom is -0.481 e. The van der Waals surface area contributed by atoms with Crippen LogP contribution in [0.5, 0.6) is 0 Å². The van der Waals surface area contributed by atoms with E-state index in [2.05, 4.69) is 0 Å². The largest absolute Gasteiger partial charge is 0.481 e. The maximum Gasteiger partial charge on any atom is 0.313 e. The van der Waals surface area contributed by atoms with Crippen LogP contribution in [-0.2, 0) is 9.53 Å². The van der Waals surface area contributed by atoms with Gasteiger partial charge in [-0.3, -0.25) is 4.79 Å². The van der Waals surface area contributed by atoms with E-state index in [-0.39, 0.29) is 11.4 Å². The molecule has 1 aliphatic carbocycles. The quantitative estimate of drug-likeness (QED) is 0.805. The van der Waals surface area contributed by atoms with Gasteiger partial charge in [-0.1, -0.05) is 12.8 Å². The van der Waals surface area contributed by atoms with Gasteiger partial charge in [0.1, 0.15) is 0 Å². The molecule has 0 aromatic carbocycles. The smallest absolute Gasteiger partial charge is 0.313 e. The van der Waals surface area contributed by atoms with Crippen LogP contribution in [0.3, 0.4) is 0 Å². The van der Waals surface area contributed by atoms with Gasteiger partial charge in [0.2, 0.25) is 0 Å². The Balaban J connectivity index is 1.70. The standard InChI is InChI=1S/C11H18O3S/c12-10(13)8-15-7-9-3-6-11(14-9)4-1-2-5-11/h9H,1-8H2,(H,12,13). The summed E-state index contributed by atoms with van der Waals surface area (Å²) in [4.78, 5) is 10.4. The molecule has 86 valence electrons. The lowest BCUT2D eigenvalue weighted by Gasteiger charge is -2.23. The summed E-state index contributed by atoms with van der Waals surface area (Å²) in [6.45, 7) is 0. The molecule has 0 aromatic heterocycles. The van der Waals surface area contributed by atoms with E-state index in [0.717, 1.165) is 12.2 Å². The molecule has 2 fully saturated rings. The van der Waals surface area contributed by atoms with E-state index in [1.54, 1.807) is 0 Å². The Morgan fingerprint density at radius 1 is 1.40 bits per heavy atom. The van der Waals surface area contributed by atoms with E-state index in [4.69, 9.17) is 9.84 Å². The molecule has 15 heavy (non-hydrogen) atoms. The molecule has 0 radical (unpaired) electrons. The molecule has 1 unspecified atom stereocenters. The Kier molecular flexibility index (Phi) is 3.57. The molecule has 2 rings (SSSR count). The molecule has 0 bridgehead atoms. The first-order valence-electron chi connectivity index (χ1n) is 5.68. The van der Waals surface area contributed by atoms with Crippen LogP contribution in [0.25, 0.3) is 0 Å². The summed E-state index contributed by atoms with van der Waals surface area (Å²) in [5.41, 5.74) is 0.189. The van der Waals surface area contributed by atoms with E-state index in [9.17, 15) is 4.79 Å². The highest BCUT2D eigenvalue weighted by atomic mass is 32.2. The van der Waals surface area contributed by atoms with E-state index in [0.29, 0.717) is 6.10 Å². The molecule has 0 amide bonds. The molecule has 1 spiro atoms. The molecule has 1 saturated carbocycles. The van der Waals surface area contributed by atoms with Crippen LogP contribution < -0.4 is 0 Å². The van der Waals surface area contributed by atoms with Crippen LogP contribution in [0.1, 0.15) is 38.5 Å². The number of hydrogen-bond donors (Lipinski definition) is 1. The minimum absolute atomic E-state index is 0.189. The van der Waals surface area contributed by atoms with Crippen molar-refractivity contribution in [3.05, 3.63) is 0 Å². The van der Waals surface area contributed by atoms with Crippen molar-refractivity contribution < 1.29 is 14.6 Å². The summed E-state index contributed by atoms with van der Waals surface area (Å²) in [6.07, 6.45) is 7.63. The number of ether oxygens (including phenoxy) is 1. The van der Waals surface area contributed by atoms with Gasteiger partial charge in [-0.2, -0.15) is 0 Å². The number of carboxylic acid groups (broad SMARTS) is 1. The third kappa shape index (κ3) is 2.88. The third-order valence-electron chi connectivity index (χ3n) is 3.38. The van der Waals surface area contributed by atoms with E-state index in [1.807, 2.05) is 0 Å². The van der Waals surface area contributed by atoms with Crippen LogP contribution in [0.2, 0.25) is 0 Å². The Morgan fingerprint density at radius 3 is 2.80 bits per heavy atom. The lowest BCUT2D eigenvalue weighted by Crippen LogP contribution is -2.25. The van der Waals surface area contributed by atoms with Crippen molar-refractivity contribution in [2.45, 2.75) is 50.2 Å². The highest BCUT2D eigenvalue weighted by Gasteiger charge is 2.41. The molecular formula is C11H18O3S. The van der Waals surface area contributed by atoms with Crippen molar-refractivity contribution in [3.63, 3.8) is 0 Å². The summed E-state index contributed by atoms with van der Waals surface area (Å²) >= 11 is 1.48. The highest BCUT2D eigenvalue weighted by molar-refractivity contribution is 7.99. The zero-order valence-electron chi connectivity index (χ0n) is 8.91. The van der Waals surface area contributed by atoms with E-state index in [1.165, 1.54) is 43.9 Å². The van der Waals surface area contributed by atoms with Gasteiger partial charge in [-0.25, -0.2) is 0 Å². The fraction of sp³-hybridized carbons (Fsp3) is 0.909. The first kappa shape index (κ1) is 11.3. The van der Waals surface area contributed by atoms with Crippen LogP contribution in [0.4, 0.5) is 0 Å². The van der Waals surface area contributed by atoms with Crippen molar-refractivity contribution in [2.75, 3.05) is 11.5 Å². The van der Waals surface area contributed by atoms with Gasteiger partial charge >= 0.3 is 5.97 Å². The predicted molar refractivity (Wildman–Crippen MR) is 60.3 cm³/mol. The maximum atomic E-state index is 10.4. The van der Waals surface area contributed by atoms with Crippen molar-refractivity contribution in [1.29, 1.82) is 0 Å². The Labute approximate surface area is 94.6 Å². The Bertz CT molecular complexity index is 236. The molecule has 1 aliphatic heterocycles. The molecule has 0 aromatic rings. The number of carbonyl (C=O) groups is 1. The van der Waals surface area contributed by atoms with Gasteiger partial charge in [-0.15, -0.1) is 11.8 Å². The summed E-state index contributed by atoms with van der Waals surface area (Å²) in [6, 6.07) is 0.